The van der Waals surface area contributed by atoms with Crippen LogP contribution in [0.5, 0.6) is 0 Å². The lowest BCUT2D eigenvalue weighted by Gasteiger charge is -2.28. The molecular weight excluding hydrogens is 329 g/mol. The minimum Gasteiger partial charge on any atom is -0.293 e. The fourth-order valence-electron chi connectivity index (χ4n) is 3.17. The molecule has 1 aliphatic heterocycles. The number of hydrogen-bond donors (Lipinski definition) is 0. The Morgan fingerprint density at radius 2 is 2.12 bits per heavy atom. The van der Waals surface area contributed by atoms with Gasteiger partial charge in [0.1, 0.15) is 11.5 Å². The van der Waals surface area contributed by atoms with Crippen molar-refractivity contribution in [2.24, 2.45) is 0 Å². The number of halogens is 2. The van der Waals surface area contributed by atoms with Gasteiger partial charge in [0.25, 0.3) is 5.56 Å². The molecule has 24 heavy (non-hydrogen) atoms. The Bertz CT molecular complexity index is 986. The maximum atomic E-state index is 14.2. The normalized spacial score (nSPS) is 14.8. The summed E-state index contributed by atoms with van der Waals surface area (Å²) >= 11 is 5.89. The van der Waals surface area contributed by atoms with E-state index >= 15 is 0 Å². The van der Waals surface area contributed by atoms with Gasteiger partial charge in [-0.15, -0.1) is 0 Å². The molecule has 4 rings (SSSR count). The lowest BCUT2D eigenvalue weighted by Crippen LogP contribution is -2.31. The van der Waals surface area contributed by atoms with Crippen LogP contribution in [-0.2, 0) is 19.5 Å². The fourth-order valence-corrected chi connectivity index (χ4v) is 3.34. The van der Waals surface area contributed by atoms with Gasteiger partial charge in [-0.3, -0.25) is 14.1 Å². The van der Waals surface area contributed by atoms with Crippen LogP contribution in [0.1, 0.15) is 16.8 Å². The maximum absolute atomic E-state index is 14.2. The molecular formula is C18H15ClFN3O. The van der Waals surface area contributed by atoms with Crippen LogP contribution in [0, 0.1) is 5.82 Å². The molecule has 2 aromatic heterocycles. The van der Waals surface area contributed by atoms with Gasteiger partial charge in [-0.25, -0.2) is 9.37 Å². The summed E-state index contributed by atoms with van der Waals surface area (Å²) in [5, 5.41) is 0.151. The van der Waals surface area contributed by atoms with Gasteiger partial charge in [0.15, 0.2) is 0 Å². The molecule has 0 radical (unpaired) electrons. The van der Waals surface area contributed by atoms with Gasteiger partial charge in [0.2, 0.25) is 0 Å². The largest absolute Gasteiger partial charge is 0.293 e. The van der Waals surface area contributed by atoms with Crippen molar-refractivity contribution in [3.05, 3.63) is 80.6 Å². The Hall–Kier alpha value is -2.24. The van der Waals surface area contributed by atoms with E-state index in [0.29, 0.717) is 30.0 Å². The molecule has 0 N–H and O–H groups in total. The average Bonchev–Trinajstić information content (AvgIpc) is 2.59. The molecule has 0 bridgehead atoms. The fraction of sp³-hybridized carbons (Fsp3) is 0.222. The molecule has 0 aliphatic carbocycles. The van der Waals surface area contributed by atoms with Crippen LogP contribution >= 0.6 is 11.6 Å². The zero-order valence-electron chi connectivity index (χ0n) is 12.9. The summed E-state index contributed by atoms with van der Waals surface area (Å²) in [7, 11) is 0. The Morgan fingerprint density at radius 1 is 1.25 bits per heavy atom. The summed E-state index contributed by atoms with van der Waals surface area (Å²) in [4.78, 5) is 18.8. The summed E-state index contributed by atoms with van der Waals surface area (Å²) in [6, 6.07) is 10.5. The van der Waals surface area contributed by atoms with Crippen molar-refractivity contribution < 1.29 is 4.39 Å². The van der Waals surface area contributed by atoms with E-state index in [1.807, 2.05) is 12.1 Å². The first-order chi connectivity index (χ1) is 11.6. The zero-order valence-corrected chi connectivity index (χ0v) is 13.6. The maximum Gasteiger partial charge on any atom is 0.258 e. The third-order valence-corrected chi connectivity index (χ3v) is 4.67. The number of rotatable bonds is 2. The molecule has 0 saturated carbocycles. The molecule has 0 spiro atoms. The van der Waals surface area contributed by atoms with E-state index in [1.165, 1.54) is 10.5 Å². The highest BCUT2D eigenvalue weighted by Gasteiger charge is 2.21. The van der Waals surface area contributed by atoms with E-state index in [4.69, 9.17) is 11.6 Å². The Morgan fingerprint density at radius 3 is 3.00 bits per heavy atom. The number of pyridine rings is 1. The molecule has 4 nitrogen and oxygen atoms in total. The first kappa shape index (κ1) is 15.3. The van der Waals surface area contributed by atoms with Crippen LogP contribution in [0.15, 0.2) is 47.4 Å². The lowest BCUT2D eigenvalue weighted by molar-refractivity contribution is 0.238. The van der Waals surface area contributed by atoms with Crippen LogP contribution in [0.25, 0.3) is 5.65 Å². The van der Waals surface area contributed by atoms with E-state index in [9.17, 15) is 9.18 Å². The first-order valence-corrected chi connectivity index (χ1v) is 8.15. The second-order valence-corrected chi connectivity index (χ2v) is 6.38. The molecule has 0 unspecified atom stereocenters. The lowest BCUT2D eigenvalue weighted by atomic mass is 9.99. The highest BCUT2D eigenvalue weighted by Crippen LogP contribution is 2.27. The summed E-state index contributed by atoms with van der Waals surface area (Å²) in [5.74, 6) is -0.342. The highest BCUT2D eigenvalue weighted by molar-refractivity contribution is 6.30. The van der Waals surface area contributed by atoms with E-state index in [0.717, 1.165) is 18.5 Å². The Balaban J connectivity index is 1.63. The molecule has 6 heteroatoms. The van der Waals surface area contributed by atoms with Crippen LogP contribution in [0.2, 0.25) is 5.02 Å². The predicted octanol–water partition coefficient (Wildman–Crippen LogP) is 3.05. The summed E-state index contributed by atoms with van der Waals surface area (Å²) < 4.78 is 15.7. The number of aromatic nitrogens is 2. The topological polar surface area (TPSA) is 37.6 Å². The number of nitrogens with zero attached hydrogens (tertiary/aromatic N) is 3. The highest BCUT2D eigenvalue weighted by atomic mass is 35.5. The molecule has 0 fully saturated rings. The van der Waals surface area contributed by atoms with Gasteiger partial charge in [-0.05, 0) is 30.2 Å². The van der Waals surface area contributed by atoms with Crippen molar-refractivity contribution in [2.75, 3.05) is 6.54 Å². The molecule has 0 atom stereocenters. The third kappa shape index (κ3) is 2.70. The van der Waals surface area contributed by atoms with Crippen molar-refractivity contribution in [1.29, 1.82) is 0 Å². The van der Waals surface area contributed by atoms with Crippen molar-refractivity contribution in [1.82, 2.24) is 14.3 Å². The Labute approximate surface area is 143 Å². The van der Waals surface area contributed by atoms with Gasteiger partial charge in [-0.2, -0.15) is 0 Å². The second-order valence-electron chi connectivity index (χ2n) is 5.97. The van der Waals surface area contributed by atoms with Gasteiger partial charge in [-0.1, -0.05) is 23.7 Å². The van der Waals surface area contributed by atoms with Gasteiger partial charge >= 0.3 is 0 Å². The molecule has 122 valence electrons. The molecule has 0 amide bonds. The van der Waals surface area contributed by atoms with E-state index in [-0.39, 0.29) is 16.4 Å². The number of benzene rings is 1. The standard InChI is InChI=1S/C18H15ClFN3O/c19-15-5-4-12-6-8-22(11-14(12)18(15)20)10-13-9-17(24)23-7-2-1-3-16(23)21-13/h1-5,7,9H,6,8,10-11H2. The average molecular weight is 344 g/mol. The summed E-state index contributed by atoms with van der Waals surface area (Å²) in [6.45, 7) is 1.77. The Kier molecular flexibility index (Phi) is 3.82. The number of fused-ring (bicyclic) bond motifs is 2. The minimum atomic E-state index is -0.342. The predicted molar refractivity (Wildman–Crippen MR) is 90.7 cm³/mol. The number of hydrogen-bond acceptors (Lipinski definition) is 3. The third-order valence-electron chi connectivity index (χ3n) is 4.38. The van der Waals surface area contributed by atoms with Crippen molar-refractivity contribution in [3.8, 4) is 0 Å². The zero-order chi connectivity index (χ0) is 16.7. The molecule has 0 saturated heterocycles. The van der Waals surface area contributed by atoms with E-state index in [2.05, 4.69) is 9.88 Å². The molecule has 1 aromatic carbocycles. The minimum absolute atomic E-state index is 0.109. The molecule has 3 aromatic rings. The van der Waals surface area contributed by atoms with E-state index in [1.54, 1.807) is 24.4 Å². The quantitative estimate of drug-likeness (QED) is 0.717. The van der Waals surface area contributed by atoms with Gasteiger partial charge < -0.3 is 0 Å². The van der Waals surface area contributed by atoms with Crippen molar-refractivity contribution >= 4 is 17.2 Å². The van der Waals surface area contributed by atoms with Gasteiger partial charge in [0, 0.05) is 37.5 Å². The van der Waals surface area contributed by atoms with Crippen LogP contribution in [0.3, 0.4) is 0 Å². The summed E-state index contributed by atoms with van der Waals surface area (Å²) in [5.41, 5.74) is 2.84. The van der Waals surface area contributed by atoms with Crippen LogP contribution in [0.4, 0.5) is 4.39 Å². The van der Waals surface area contributed by atoms with Crippen LogP contribution in [-0.4, -0.2) is 20.8 Å². The first-order valence-electron chi connectivity index (χ1n) is 7.77. The summed E-state index contributed by atoms with van der Waals surface area (Å²) in [6.07, 6.45) is 2.46. The van der Waals surface area contributed by atoms with Crippen molar-refractivity contribution in [3.63, 3.8) is 0 Å². The van der Waals surface area contributed by atoms with E-state index < -0.39 is 0 Å². The van der Waals surface area contributed by atoms with Crippen molar-refractivity contribution in [2.45, 2.75) is 19.5 Å². The SMILES string of the molecule is O=c1cc(CN2CCc3ccc(Cl)c(F)c3C2)nc2ccccn12. The van der Waals surface area contributed by atoms with Crippen LogP contribution < -0.4 is 5.56 Å². The second kappa shape index (κ2) is 6.00. The van der Waals surface area contributed by atoms with Gasteiger partial charge in [0.05, 0.1) is 10.7 Å². The smallest absolute Gasteiger partial charge is 0.258 e. The monoisotopic (exact) mass is 343 g/mol. The molecule has 3 heterocycles. The molecule has 1 aliphatic rings.